The predicted molar refractivity (Wildman–Crippen MR) is 65.8 cm³/mol. The van der Waals surface area contributed by atoms with Gasteiger partial charge in [0.05, 0.1) is 18.5 Å². The molecule has 0 atom stereocenters. The molecular formula is C10H24N2O3S. The molecule has 16 heavy (non-hydrogen) atoms. The van der Waals surface area contributed by atoms with Gasteiger partial charge in [-0.3, -0.25) is 0 Å². The molecule has 0 bridgehead atoms. The Hall–Kier alpha value is -0.170. The first-order chi connectivity index (χ1) is 7.44. The van der Waals surface area contributed by atoms with Crippen LogP contribution in [0.1, 0.15) is 27.2 Å². The van der Waals surface area contributed by atoms with E-state index < -0.39 is 10.0 Å². The number of rotatable bonds is 9. The fourth-order valence-corrected chi connectivity index (χ4v) is 2.65. The van der Waals surface area contributed by atoms with Crippen molar-refractivity contribution in [3.8, 4) is 0 Å². The number of hydrogen-bond donors (Lipinski definition) is 1. The Balaban J connectivity index is 4.15. The number of sulfonamides is 1. The van der Waals surface area contributed by atoms with E-state index in [2.05, 4.69) is 0 Å². The van der Waals surface area contributed by atoms with Gasteiger partial charge < -0.3 is 10.5 Å². The third-order valence-corrected chi connectivity index (χ3v) is 4.06. The van der Waals surface area contributed by atoms with E-state index in [0.29, 0.717) is 26.1 Å². The van der Waals surface area contributed by atoms with Crippen molar-refractivity contribution < 1.29 is 13.2 Å². The van der Waals surface area contributed by atoms with Crippen LogP contribution in [-0.2, 0) is 14.8 Å². The van der Waals surface area contributed by atoms with Gasteiger partial charge in [0.1, 0.15) is 0 Å². The Morgan fingerprint density at radius 3 is 2.44 bits per heavy atom. The van der Waals surface area contributed by atoms with Crippen LogP contribution in [0.15, 0.2) is 0 Å². The number of hydrogen-bond acceptors (Lipinski definition) is 4. The highest BCUT2D eigenvalue weighted by atomic mass is 32.2. The molecule has 5 nitrogen and oxygen atoms in total. The van der Waals surface area contributed by atoms with Gasteiger partial charge in [-0.2, -0.15) is 0 Å². The average Bonchev–Trinajstić information content (AvgIpc) is 2.17. The standard InChI is InChI=1S/C10H24N2O3S/c1-4-12(7-5-6-11)16(13,14)9-8-15-10(2)3/h10H,4-9,11H2,1-3H3. The zero-order chi connectivity index (χ0) is 12.6. The summed E-state index contributed by atoms with van der Waals surface area (Å²) in [5.41, 5.74) is 5.37. The highest BCUT2D eigenvalue weighted by molar-refractivity contribution is 7.89. The highest BCUT2D eigenvalue weighted by Gasteiger charge is 2.19. The van der Waals surface area contributed by atoms with Gasteiger partial charge in [0.25, 0.3) is 0 Å². The van der Waals surface area contributed by atoms with E-state index >= 15 is 0 Å². The quantitative estimate of drug-likeness (QED) is 0.645. The third-order valence-electron chi connectivity index (χ3n) is 2.15. The Labute approximate surface area is 99.0 Å². The van der Waals surface area contributed by atoms with Crippen LogP contribution in [-0.4, -0.2) is 50.8 Å². The molecule has 0 amide bonds. The molecular weight excluding hydrogens is 228 g/mol. The van der Waals surface area contributed by atoms with Crippen molar-refractivity contribution in [3.63, 3.8) is 0 Å². The van der Waals surface area contributed by atoms with Crippen molar-refractivity contribution in [1.29, 1.82) is 0 Å². The van der Waals surface area contributed by atoms with Crippen molar-refractivity contribution in [2.24, 2.45) is 5.73 Å². The summed E-state index contributed by atoms with van der Waals surface area (Å²) in [4.78, 5) is 0. The maximum Gasteiger partial charge on any atom is 0.216 e. The molecule has 98 valence electrons. The van der Waals surface area contributed by atoms with Gasteiger partial charge in [0.15, 0.2) is 0 Å². The summed E-state index contributed by atoms with van der Waals surface area (Å²) < 4.78 is 30.4. The molecule has 0 aliphatic carbocycles. The molecule has 0 aliphatic heterocycles. The molecule has 0 saturated heterocycles. The first kappa shape index (κ1) is 15.8. The van der Waals surface area contributed by atoms with Crippen molar-refractivity contribution in [1.82, 2.24) is 4.31 Å². The van der Waals surface area contributed by atoms with E-state index in [1.54, 1.807) is 0 Å². The van der Waals surface area contributed by atoms with Crippen LogP contribution in [0.3, 0.4) is 0 Å². The molecule has 2 N–H and O–H groups in total. The van der Waals surface area contributed by atoms with Gasteiger partial charge in [-0.25, -0.2) is 12.7 Å². The summed E-state index contributed by atoms with van der Waals surface area (Å²) >= 11 is 0. The lowest BCUT2D eigenvalue weighted by Crippen LogP contribution is -2.36. The predicted octanol–water partition coefficient (Wildman–Crippen LogP) is 0.412. The monoisotopic (exact) mass is 252 g/mol. The Morgan fingerprint density at radius 2 is 2.00 bits per heavy atom. The number of ether oxygens (including phenoxy) is 1. The lowest BCUT2D eigenvalue weighted by atomic mass is 10.4. The molecule has 6 heteroatoms. The Morgan fingerprint density at radius 1 is 1.38 bits per heavy atom. The molecule has 0 aromatic carbocycles. The lowest BCUT2D eigenvalue weighted by Gasteiger charge is -2.20. The Bertz CT molecular complexity index is 265. The summed E-state index contributed by atoms with van der Waals surface area (Å²) in [5, 5.41) is 0. The topological polar surface area (TPSA) is 72.6 Å². The van der Waals surface area contributed by atoms with Crippen LogP contribution in [0.25, 0.3) is 0 Å². The summed E-state index contributed by atoms with van der Waals surface area (Å²) in [6, 6.07) is 0. The van der Waals surface area contributed by atoms with Gasteiger partial charge in [0, 0.05) is 13.1 Å². The van der Waals surface area contributed by atoms with Gasteiger partial charge in [-0.05, 0) is 26.8 Å². The molecule has 0 aliphatic rings. The molecule has 0 saturated carbocycles. The second-order valence-corrected chi connectivity index (χ2v) is 5.96. The van der Waals surface area contributed by atoms with E-state index in [4.69, 9.17) is 10.5 Å². The summed E-state index contributed by atoms with van der Waals surface area (Å²) in [5.74, 6) is 0.0452. The minimum atomic E-state index is -3.19. The molecule has 0 rings (SSSR count). The minimum Gasteiger partial charge on any atom is -0.378 e. The zero-order valence-corrected chi connectivity index (χ0v) is 11.3. The SMILES string of the molecule is CCN(CCCN)S(=O)(=O)CCOC(C)C. The molecule has 0 unspecified atom stereocenters. The second kappa shape index (κ2) is 8.00. The molecule has 0 heterocycles. The van der Waals surface area contributed by atoms with E-state index in [0.717, 1.165) is 0 Å². The largest absolute Gasteiger partial charge is 0.378 e. The van der Waals surface area contributed by atoms with Gasteiger partial charge >= 0.3 is 0 Å². The summed E-state index contributed by atoms with van der Waals surface area (Å²) in [7, 11) is -3.19. The fraction of sp³-hybridized carbons (Fsp3) is 1.00. The summed E-state index contributed by atoms with van der Waals surface area (Å²) in [6.07, 6.45) is 0.757. The first-order valence-electron chi connectivity index (χ1n) is 5.73. The molecule has 0 fully saturated rings. The van der Waals surface area contributed by atoms with Crippen LogP contribution < -0.4 is 5.73 Å². The highest BCUT2D eigenvalue weighted by Crippen LogP contribution is 2.03. The van der Waals surface area contributed by atoms with E-state index in [1.165, 1.54) is 4.31 Å². The molecule has 0 aromatic rings. The van der Waals surface area contributed by atoms with Gasteiger partial charge in [-0.15, -0.1) is 0 Å². The lowest BCUT2D eigenvalue weighted by molar-refractivity contribution is 0.0907. The number of nitrogens with two attached hydrogens (primary N) is 1. The molecule has 0 aromatic heterocycles. The molecule has 0 spiro atoms. The van der Waals surface area contributed by atoms with E-state index in [-0.39, 0.29) is 18.5 Å². The third kappa shape index (κ3) is 6.42. The van der Waals surface area contributed by atoms with Crippen LogP contribution in [0, 0.1) is 0 Å². The van der Waals surface area contributed by atoms with Crippen LogP contribution in [0.4, 0.5) is 0 Å². The maximum atomic E-state index is 11.9. The Kier molecular flexibility index (Phi) is 7.91. The van der Waals surface area contributed by atoms with E-state index in [1.807, 2.05) is 20.8 Å². The van der Waals surface area contributed by atoms with Crippen LogP contribution >= 0.6 is 0 Å². The fourth-order valence-electron chi connectivity index (χ4n) is 1.28. The maximum absolute atomic E-state index is 11.9. The molecule has 0 radical (unpaired) electrons. The van der Waals surface area contributed by atoms with Crippen LogP contribution in [0.5, 0.6) is 0 Å². The van der Waals surface area contributed by atoms with Gasteiger partial charge in [-0.1, -0.05) is 6.92 Å². The van der Waals surface area contributed by atoms with Crippen molar-refractivity contribution >= 4 is 10.0 Å². The smallest absolute Gasteiger partial charge is 0.216 e. The number of nitrogens with zero attached hydrogens (tertiary/aromatic N) is 1. The second-order valence-electron chi connectivity index (χ2n) is 3.87. The van der Waals surface area contributed by atoms with Crippen LogP contribution in [0.2, 0.25) is 0 Å². The zero-order valence-electron chi connectivity index (χ0n) is 10.5. The van der Waals surface area contributed by atoms with Crippen molar-refractivity contribution in [2.45, 2.75) is 33.3 Å². The van der Waals surface area contributed by atoms with Crippen molar-refractivity contribution in [3.05, 3.63) is 0 Å². The minimum absolute atomic E-state index is 0.0452. The normalized spacial score (nSPS) is 12.6. The first-order valence-corrected chi connectivity index (χ1v) is 7.34. The van der Waals surface area contributed by atoms with Crippen molar-refractivity contribution in [2.75, 3.05) is 32.0 Å². The summed E-state index contributed by atoms with van der Waals surface area (Å²) in [6.45, 7) is 7.35. The van der Waals surface area contributed by atoms with Gasteiger partial charge in [0.2, 0.25) is 10.0 Å². The average molecular weight is 252 g/mol. The van der Waals surface area contributed by atoms with E-state index in [9.17, 15) is 8.42 Å².